The predicted octanol–water partition coefficient (Wildman–Crippen LogP) is 0.106. The second kappa shape index (κ2) is 5.55. The summed E-state index contributed by atoms with van der Waals surface area (Å²) in [5.74, 6) is -0.336. The number of halogens is 1. The van der Waals surface area contributed by atoms with Crippen molar-refractivity contribution in [1.82, 2.24) is 4.90 Å². The van der Waals surface area contributed by atoms with Gasteiger partial charge in [0.2, 0.25) is 0 Å². The number of hydrogen-bond donors (Lipinski definition) is 1. The van der Waals surface area contributed by atoms with E-state index in [0.717, 1.165) is 18.8 Å². The smallest absolute Gasteiger partial charge is 0.154 e. The summed E-state index contributed by atoms with van der Waals surface area (Å²) in [5, 5.41) is 9.91. The number of rotatable bonds is 2. The van der Waals surface area contributed by atoms with E-state index < -0.39 is 15.9 Å². The summed E-state index contributed by atoms with van der Waals surface area (Å²) in [5.41, 5.74) is 0.968. The molecule has 0 amide bonds. The van der Waals surface area contributed by atoms with Gasteiger partial charge in [-0.2, -0.15) is 0 Å². The third-order valence-corrected chi connectivity index (χ3v) is 5.97. The van der Waals surface area contributed by atoms with Gasteiger partial charge in [0, 0.05) is 31.9 Å². The van der Waals surface area contributed by atoms with Crippen LogP contribution in [0, 0.1) is 5.82 Å². The minimum atomic E-state index is -3.11. The van der Waals surface area contributed by atoms with Crippen LogP contribution in [0.25, 0.3) is 0 Å². The highest BCUT2D eigenvalue weighted by Gasteiger charge is 2.40. The molecule has 7 heteroatoms. The van der Waals surface area contributed by atoms with Crippen LogP contribution in [0.2, 0.25) is 0 Å². The van der Waals surface area contributed by atoms with Crippen molar-refractivity contribution in [1.29, 1.82) is 0 Å². The molecular weight excluding hydrogens is 295 g/mol. The van der Waals surface area contributed by atoms with Crippen LogP contribution in [0.15, 0.2) is 24.3 Å². The van der Waals surface area contributed by atoms with E-state index in [-0.39, 0.29) is 23.4 Å². The first-order chi connectivity index (χ1) is 9.94. The van der Waals surface area contributed by atoms with E-state index in [2.05, 4.69) is 9.80 Å². The van der Waals surface area contributed by atoms with Gasteiger partial charge in [-0.15, -0.1) is 0 Å². The van der Waals surface area contributed by atoms with Crippen molar-refractivity contribution in [2.24, 2.45) is 0 Å². The molecule has 0 unspecified atom stereocenters. The number of sulfone groups is 1. The quantitative estimate of drug-likeness (QED) is 0.839. The third-order valence-electron chi connectivity index (χ3n) is 4.27. The average Bonchev–Trinajstić information content (AvgIpc) is 2.73. The Kier molecular flexibility index (Phi) is 3.90. The van der Waals surface area contributed by atoms with Crippen molar-refractivity contribution in [2.75, 3.05) is 42.6 Å². The van der Waals surface area contributed by atoms with E-state index in [0.29, 0.717) is 13.1 Å². The van der Waals surface area contributed by atoms with Gasteiger partial charge in [-0.05, 0) is 24.3 Å². The fourth-order valence-electron chi connectivity index (χ4n) is 3.12. The number of aliphatic hydroxyl groups is 1. The molecular formula is C14H19FN2O3S. The minimum Gasteiger partial charge on any atom is -0.390 e. The fourth-order valence-corrected chi connectivity index (χ4v) is 4.95. The molecule has 0 bridgehead atoms. The summed E-state index contributed by atoms with van der Waals surface area (Å²) in [6, 6.07) is 6.09. The molecule has 1 aromatic rings. The van der Waals surface area contributed by atoms with Gasteiger partial charge in [0.25, 0.3) is 0 Å². The zero-order valence-corrected chi connectivity index (χ0v) is 12.5. The Bertz CT molecular complexity index is 597. The van der Waals surface area contributed by atoms with E-state index in [1.54, 1.807) is 12.1 Å². The minimum absolute atomic E-state index is 0.0463. The molecule has 2 aliphatic heterocycles. The summed E-state index contributed by atoms with van der Waals surface area (Å²) in [4.78, 5) is 4.20. The standard InChI is InChI=1S/C14H19FN2O3S/c15-11-1-3-12(4-2-11)16-5-7-17(8-6-16)13-9-21(19,20)10-14(13)18/h1-4,13-14,18H,5-10H2/t13-,14+/m0/s1. The van der Waals surface area contributed by atoms with E-state index in [9.17, 15) is 17.9 Å². The van der Waals surface area contributed by atoms with Gasteiger partial charge in [0.05, 0.1) is 23.7 Å². The molecule has 2 heterocycles. The molecule has 21 heavy (non-hydrogen) atoms. The van der Waals surface area contributed by atoms with Crippen LogP contribution in [0.1, 0.15) is 0 Å². The Morgan fingerprint density at radius 1 is 1.05 bits per heavy atom. The maximum atomic E-state index is 12.9. The van der Waals surface area contributed by atoms with E-state index in [1.165, 1.54) is 12.1 Å². The molecule has 0 aliphatic carbocycles. The zero-order chi connectivity index (χ0) is 15.0. The summed E-state index contributed by atoms with van der Waals surface area (Å²) < 4.78 is 36.1. The van der Waals surface area contributed by atoms with Crippen molar-refractivity contribution < 1.29 is 17.9 Å². The van der Waals surface area contributed by atoms with Gasteiger partial charge in [0.1, 0.15) is 5.82 Å². The SMILES string of the molecule is O=S1(=O)C[C@@H](O)[C@@H](N2CCN(c3ccc(F)cc3)CC2)C1. The molecule has 2 fully saturated rings. The lowest BCUT2D eigenvalue weighted by atomic mass is 10.1. The van der Waals surface area contributed by atoms with Crippen molar-refractivity contribution >= 4 is 15.5 Å². The fraction of sp³-hybridized carbons (Fsp3) is 0.571. The molecule has 2 saturated heterocycles. The number of benzene rings is 1. The van der Waals surface area contributed by atoms with E-state index in [1.807, 2.05) is 0 Å². The predicted molar refractivity (Wildman–Crippen MR) is 78.6 cm³/mol. The van der Waals surface area contributed by atoms with Crippen LogP contribution in [0.4, 0.5) is 10.1 Å². The van der Waals surface area contributed by atoms with Crippen LogP contribution in [0.5, 0.6) is 0 Å². The lowest BCUT2D eigenvalue weighted by Crippen LogP contribution is -2.53. The topological polar surface area (TPSA) is 60.9 Å². The van der Waals surface area contributed by atoms with Gasteiger partial charge in [-0.25, -0.2) is 12.8 Å². The first-order valence-corrected chi connectivity index (χ1v) is 8.90. The number of aliphatic hydroxyl groups excluding tert-OH is 1. The van der Waals surface area contributed by atoms with Crippen molar-refractivity contribution in [3.63, 3.8) is 0 Å². The molecule has 3 rings (SSSR count). The second-order valence-electron chi connectivity index (χ2n) is 5.71. The molecule has 2 atom stereocenters. The number of hydrogen-bond acceptors (Lipinski definition) is 5. The molecule has 0 saturated carbocycles. The maximum absolute atomic E-state index is 12.9. The van der Waals surface area contributed by atoms with Gasteiger partial charge in [0.15, 0.2) is 9.84 Å². The molecule has 5 nitrogen and oxygen atoms in total. The Morgan fingerprint density at radius 2 is 1.67 bits per heavy atom. The Labute approximate surface area is 123 Å². The summed E-state index contributed by atoms with van der Waals surface area (Å²) in [7, 11) is -3.11. The summed E-state index contributed by atoms with van der Waals surface area (Å²) >= 11 is 0. The van der Waals surface area contributed by atoms with Gasteiger partial charge < -0.3 is 10.0 Å². The second-order valence-corrected chi connectivity index (χ2v) is 7.86. The molecule has 2 aliphatic rings. The van der Waals surface area contributed by atoms with Crippen molar-refractivity contribution in [2.45, 2.75) is 12.1 Å². The maximum Gasteiger partial charge on any atom is 0.154 e. The van der Waals surface area contributed by atoms with Gasteiger partial charge in [-0.3, -0.25) is 4.90 Å². The molecule has 0 radical (unpaired) electrons. The number of anilines is 1. The zero-order valence-electron chi connectivity index (χ0n) is 11.7. The largest absolute Gasteiger partial charge is 0.390 e. The number of nitrogens with zero attached hydrogens (tertiary/aromatic N) is 2. The lowest BCUT2D eigenvalue weighted by Gasteiger charge is -2.39. The first kappa shape index (κ1) is 14.7. The van der Waals surface area contributed by atoms with Gasteiger partial charge in [-0.1, -0.05) is 0 Å². The Hall–Kier alpha value is -1.18. The van der Waals surface area contributed by atoms with Crippen molar-refractivity contribution in [3.05, 3.63) is 30.1 Å². The Balaban J connectivity index is 1.62. The van der Waals surface area contributed by atoms with Crippen LogP contribution >= 0.6 is 0 Å². The number of piperazine rings is 1. The lowest BCUT2D eigenvalue weighted by molar-refractivity contribution is 0.0793. The normalized spacial score (nSPS) is 29.7. The molecule has 1 N–H and O–H groups in total. The highest BCUT2D eigenvalue weighted by atomic mass is 32.2. The van der Waals surface area contributed by atoms with E-state index in [4.69, 9.17) is 0 Å². The van der Waals surface area contributed by atoms with Crippen LogP contribution in [-0.4, -0.2) is 68.3 Å². The van der Waals surface area contributed by atoms with Crippen LogP contribution in [0.3, 0.4) is 0 Å². The summed E-state index contributed by atoms with van der Waals surface area (Å²) in [6.07, 6.45) is -0.785. The molecule has 1 aromatic carbocycles. The third kappa shape index (κ3) is 3.20. The summed E-state index contributed by atoms with van der Waals surface area (Å²) in [6.45, 7) is 2.90. The molecule has 116 valence electrons. The Morgan fingerprint density at radius 3 is 2.19 bits per heavy atom. The van der Waals surface area contributed by atoms with E-state index >= 15 is 0 Å². The van der Waals surface area contributed by atoms with Crippen LogP contribution < -0.4 is 4.90 Å². The molecule has 0 spiro atoms. The monoisotopic (exact) mass is 314 g/mol. The van der Waals surface area contributed by atoms with Gasteiger partial charge >= 0.3 is 0 Å². The molecule has 0 aromatic heterocycles. The van der Waals surface area contributed by atoms with Crippen molar-refractivity contribution in [3.8, 4) is 0 Å². The highest BCUT2D eigenvalue weighted by Crippen LogP contribution is 2.22. The van der Waals surface area contributed by atoms with Crippen LogP contribution in [-0.2, 0) is 9.84 Å². The first-order valence-electron chi connectivity index (χ1n) is 7.08. The highest BCUT2D eigenvalue weighted by molar-refractivity contribution is 7.91. The average molecular weight is 314 g/mol.